The summed E-state index contributed by atoms with van der Waals surface area (Å²) in [6.45, 7) is 12.6. The molecular weight excluding hydrogens is 262 g/mol. The smallest absolute Gasteiger partial charge is 0.246 e. The molecule has 1 atom stereocenters. The fraction of sp³-hybridized carbons (Fsp3) is 0.588. The van der Waals surface area contributed by atoms with Gasteiger partial charge in [0.1, 0.15) is 6.04 Å². The summed E-state index contributed by atoms with van der Waals surface area (Å²) >= 11 is 0. The third-order valence-electron chi connectivity index (χ3n) is 4.08. The van der Waals surface area contributed by atoms with Crippen molar-refractivity contribution in [2.75, 3.05) is 18.4 Å². The van der Waals surface area contributed by atoms with Crippen molar-refractivity contribution in [3.05, 3.63) is 29.3 Å². The first-order chi connectivity index (χ1) is 9.90. The van der Waals surface area contributed by atoms with Crippen LogP contribution in [0.5, 0.6) is 0 Å². The van der Waals surface area contributed by atoms with Gasteiger partial charge in [0.2, 0.25) is 5.91 Å². The Morgan fingerprint density at radius 1 is 1.24 bits per heavy atom. The van der Waals surface area contributed by atoms with Gasteiger partial charge < -0.3 is 10.6 Å². The highest BCUT2D eigenvalue weighted by molar-refractivity contribution is 6.02. The Hall–Kier alpha value is -1.39. The molecular formula is C17H27N3O. The summed E-state index contributed by atoms with van der Waals surface area (Å²) in [4.78, 5) is 14.5. The second kappa shape index (κ2) is 6.58. The molecule has 21 heavy (non-hydrogen) atoms. The summed E-state index contributed by atoms with van der Waals surface area (Å²) in [6, 6.07) is 6.91. The van der Waals surface area contributed by atoms with E-state index in [9.17, 15) is 4.79 Å². The molecule has 2 N–H and O–H groups in total. The van der Waals surface area contributed by atoms with Crippen LogP contribution in [0.3, 0.4) is 0 Å². The molecule has 1 heterocycles. The topological polar surface area (TPSA) is 44.4 Å². The SMILES string of the molecule is Cc1ccc2c(c1)C(NCCN(C(C)C)C(C)C)C(=O)N2. The fourth-order valence-corrected chi connectivity index (χ4v) is 3.03. The second-order valence-electron chi connectivity index (χ2n) is 6.39. The molecule has 0 radical (unpaired) electrons. The summed E-state index contributed by atoms with van der Waals surface area (Å²) in [5.74, 6) is 0.0521. The molecule has 0 bridgehead atoms. The molecule has 1 aromatic carbocycles. The van der Waals surface area contributed by atoms with Gasteiger partial charge in [-0.05, 0) is 40.7 Å². The zero-order valence-electron chi connectivity index (χ0n) is 13.7. The number of fused-ring (bicyclic) bond motifs is 1. The molecule has 0 saturated carbocycles. The number of nitrogens with zero attached hydrogens (tertiary/aromatic N) is 1. The normalized spacial score (nSPS) is 17.7. The van der Waals surface area contributed by atoms with Crippen LogP contribution in [-0.4, -0.2) is 36.0 Å². The van der Waals surface area contributed by atoms with E-state index in [2.05, 4.69) is 56.2 Å². The third-order valence-corrected chi connectivity index (χ3v) is 4.08. The Balaban J connectivity index is 1.98. The first-order valence-corrected chi connectivity index (χ1v) is 7.80. The van der Waals surface area contributed by atoms with E-state index >= 15 is 0 Å². The molecule has 1 aromatic rings. The lowest BCUT2D eigenvalue weighted by molar-refractivity contribution is -0.117. The van der Waals surface area contributed by atoms with E-state index < -0.39 is 0 Å². The number of carbonyl (C=O) groups excluding carboxylic acids is 1. The van der Waals surface area contributed by atoms with Crippen LogP contribution in [0.1, 0.15) is 44.9 Å². The number of hydrogen-bond acceptors (Lipinski definition) is 3. The van der Waals surface area contributed by atoms with E-state index in [4.69, 9.17) is 0 Å². The molecule has 0 aromatic heterocycles. The Bertz CT molecular complexity index is 503. The van der Waals surface area contributed by atoms with Crippen molar-refractivity contribution in [3.8, 4) is 0 Å². The van der Waals surface area contributed by atoms with Gasteiger partial charge in [-0.3, -0.25) is 9.69 Å². The maximum atomic E-state index is 12.1. The molecule has 0 saturated heterocycles. The number of amides is 1. The summed E-state index contributed by atoms with van der Waals surface area (Å²) in [5, 5.41) is 6.34. The minimum absolute atomic E-state index is 0.0521. The molecule has 1 aliphatic heterocycles. The van der Waals surface area contributed by atoms with Crippen LogP contribution in [0.2, 0.25) is 0 Å². The lowest BCUT2D eigenvalue weighted by atomic mass is 10.1. The van der Waals surface area contributed by atoms with Crippen LogP contribution < -0.4 is 10.6 Å². The maximum Gasteiger partial charge on any atom is 0.246 e. The Morgan fingerprint density at radius 2 is 1.90 bits per heavy atom. The number of nitrogens with one attached hydrogen (secondary N) is 2. The standard InChI is InChI=1S/C17H27N3O/c1-11(2)20(12(3)4)9-8-18-16-14-10-13(5)6-7-15(14)19-17(16)21/h6-7,10-12,16,18H,8-9H2,1-5H3,(H,19,21). The van der Waals surface area contributed by atoms with E-state index in [1.807, 2.05) is 12.1 Å². The Morgan fingerprint density at radius 3 is 2.52 bits per heavy atom. The van der Waals surface area contributed by atoms with E-state index in [1.54, 1.807) is 0 Å². The van der Waals surface area contributed by atoms with Crippen molar-refractivity contribution in [1.29, 1.82) is 0 Å². The minimum atomic E-state index is -0.221. The third kappa shape index (κ3) is 3.63. The Labute approximate surface area is 127 Å². The molecule has 2 rings (SSSR count). The maximum absolute atomic E-state index is 12.1. The van der Waals surface area contributed by atoms with Crippen molar-refractivity contribution in [2.45, 2.75) is 52.7 Å². The average Bonchev–Trinajstić information content (AvgIpc) is 2.69. The van der Waals surface area contributed by atoms with Crippen LogP contribution >= 0.6 is 0 Å². The number of benzene rings is 1. The monoisotopic (exact) mass is 289 g/mol. The molecule has 1 amide bonds. The van der Waals surface area contributed by atoms with Crippen LogP contribution in [0, 0.1) is 6.92 Å². The van der Waals surface area contributed by atoms with Crippen molar-refractivity contribution < 1.29 is 4.79 Å². The number of rotatable bonds is 6. The number of carbonyl (C=O) groups is 1. The quantitative estimate of drug-likeness (QED) is 0.846. The first-order valence-electron chi connectivity index (χ1n) is 7.80. The predicted octanol–water partition coefficient (Wildman–Crippen LogP) is 2.70. The first kappa shape index (κ1) is 16.0. The van der Waals surface area contributed by atoms with Crippen molar-refractivity contribution in [1.82, 2.24) is 10.2 Å². The summed E-state index contributed by atoms with van der Waals surface area (Å²) in [5.41, 5.74) is 3.19. The summed E-state index contributed by atoms with van der Waals surface area (Å²) < 4.78 is 0. The zero-order valence-corrected chi connectivity index (χ0v) is 13.7. The van der Waals surface area contributed by atoms with Gasteiger partial charge in [0, 0.05) is 36.4 Å². The summed E-state index contributed by atoms with van der Waals surface area (Å²) in [6.07, 6.45) is 0. The van der Waals surface area contributed by atoms with Crippen LogP contribution in [0.4, 0.5) is 5.69 Å². The average molecular weight is 289 g/mol. The molecule has 4 heteroatoms. The lowest BCUT2D eigenvalue weighted by Crippen LogP contribution is -2.42. The van der Waals surface area contributed by atoms with Gasteiger partial charge in [-0.2, -0.15) is 0 Å². The van der Waals surface area contributed by atoms with Gasteiger partial charge in [-0.1, -0.05) is 17.7 Å². The highest BCUT2D eigenvalue weighted by Crippen LogP contribution is 2.31. The van der Waals surface area contributed by atoms with Crippen LogP contribution in [-0.2, 0) is 4.79 Å². The predicted molar refractivity (Wildman–Crippen MR) is 87.5 cm³/mol. The van der Waals surface area contributed by atoms with Crippen molar-refractivity contribution in [3.63, 3.8) is 0 Å². The minimum Gasteiger partial charge on any atom is -0.324 e. The van der Waals surface area contributed by atoms with E-state index in [-0.39, 0.29) is 11.9 Å². The van der Waals surface area contributed by atoms with Gasteiger partial charge in [0.25, 0.3) is 0 Å². The number of anilines is 1. The molecule has 0 aliphatic carbocycles. The van der Waals surface area contributed by atoms with E-state index in [0.717, 1.165) is 24.3 Å². The zero-order chi connectivity index (χ0) is 15.6. The van der Waals surface area contributed by atoms with E-state index in [1.165, 1.54) is 5.56 Å². The van der Waals surface area contributed by atoms with Crippen LogP contribution in [0.25, 0.3) is 0 Å². The molecule has 0 fully saturated rings. The molecule has 116 valence electrons. The van der Waals surface area contributed by atoms with Gasteiger partial charge in [0.15, 0.2) is 0 Å². The highest BCUT2D eigenvalue weighted by Gasteiger charge is 2.30. The van der Waals surface area contributed by atoms with Crippen molar-refractivity contribution >= 4 is 11.6 Å². The molecule has 4 nitrogen and oxygen atoms in total. The van der Waals surface area contributed by atoms with Gasteiger partial charge in [-0.25, -0.2) is 0 Å². The van der Waals surface area contributed by atoms with Gasteiger partial charge >= 0.3 is 0 Å². The largest absolute Gasteiger partial charge is 0.324 e. The van der Waals surface area contributed by atoms with Crippen LogP contribution in [0.15, 0.2) is 18.2 Å². The highest BCUT2D eigenvalue weighted by atomic mass is 16.2. The number of aryl methyl sites for hydroxylation is 1. The lowest BCUT2D eigenvalue weighted by Gasteiger charge is -2.30. The second-order valence-corrected chi connectivity index (χ2v) is 6.39. The Kier molecular flexibility index (Phi) is 5.01. The molecule has 0 spiro atoms. The fourth-order valence-electron chi connectivity index (χ4n) is 3.03. The molecule has 1 aliphatic rings. The van der Waals surface area contributed by atoms with Gasteiger partial charge in [-0.15, -0.1) is 0 Å². The van der Waals surface area contributed by atoms with Crippen molar-refractivity contribution in [2.24, 2.45) is 0 Å². The summed E-state index contributed by atoms with van der Waals surface area (Å²) in [7, 11) is 0. The number of hydrogen-bond donors (Lipinski definition) is 2. The molecule has 1 unspecified atom stereocenters. The van der Waals surface area contributed by atoms with Gasteiger partial charge in [0.05, 0.1) is 0 Å². The van der Waals surface area contributed by atoms with E-state index in [0.29, 0.717) is 12.1 Å².